The first-order chi connectivity index (χ1) is 10.6. The van der Waals surface area contributed by atoms with Crippen molar-refractivity contribution in [2.24, 2.45) is 0 Å². The first-order valence-corrected chi connectivity index (χ1v) is 7.64. The first-order valence-electron chi connectivity index (χ1n) is 7.64. The van der Waals surface area contributed by atoms with E-state index < -0.39 is 11.6 Å². The highest BCUT2D eigenvalue weighted by molar-refractivity contribution is 5.30. The highest BCUT2D eigenvalue weighted by Gasteiger charge is 2.41. The molecule has 0 radical (unpaired) electrons. The van der Waals surface area contributed by atoms with Gasteiger partial charge in [0.2, 0.25) is 0 Å². The Morgan fingerprint density at radius 3 is 2.77 bits per heavy atom. The topological polar surface area (TPSA) is 29.0 Å². The van der Waals surface area contributed by atoms with Crippen LogP contribution in [0.25, 0.3) is 0 Å². The molecule has 0 spiro atoms. The normalized spacial score (nSPS) is 23.6. The van der Waals surface area contributed by atoms with Crippen LogP contribution >= 0.6 is 0 Å². The lowest BCUT2D eigenvalue weighted by Gasteiger charge is -2.35. The van der Waals surface area contributed by atoms with Crippen LogP contribution in [0.2, 0.25) is 0 Å². The molecule has 3 heterocycles. The lowest BCUT2D eigenvalue weighted by molar-refractivity contribution is 0.161. The summed E-state index contributed by atoms with van der Waals surface area (Å²) in [4.78, 5) is 11.1. The molecule has 0 amide bonds. The number of benzene rings is 1. The fourth-order valence-corrected chi connectivity index (χ4v) is 3.79. The van der Waals surface area contributed by atoms with Gasteiger partial charge in [0.15, 0.2) is 0 Å². The summed E-state index contributed by atoms with van der Waals surface area (Å²) in [5, 5.41) is 0. The summed E-state index contributed by atoms with van der Waals surface area (Å²) in [6.07, 6.45) is 4.76. The number of rotatable bonds is 2. The summed E-state index contributed by atoms with van der Waals surface area (Å²) in [6, 6.07) is 4.54. The third-order valence-corrected chi connectivity index (χ3v) is 4.85. The zero-order chi connectivity index (χ0) is 15.3. The van der Waals surface area contributed by atoms with E-state index in [0.29, 0.717) is 12.6 Å². The van der Waals surface area contributed by atoms with E-state index in [4.69, 9.17) is 0 Å². The maximum atomic E-state index is 13.9. The van der Waals surface area contributed by atoms with Crippen LogP contribution in [0.3, 0.4) is 0 Å². The van der Waals surface area contributed by atoms with Gasteiger partial charge in [-0.15, -0.1) is 0 Å². The Labute approximate surface area is 128 Å². The Balaban J connectivity index is 1.69. The quantitative estimate of drug-likeness (QED) is 0.852. The number of fused-ring (bicyclic) bond motifs is 4. The van der Waals surface area contributed by atoms with Gasteiger partial charge >= 0.3 is 0 Å². The molecule has 3 nitrogen and oxygen atoms in total. The molecule has 4 rings (SSSR count). The molecule has 22 heavy (non-hydrogen) atoms. The van der Waals surface area contributed by atoms with E-state index in [-0.39, 0.29) is 11.6 Å². The lowest BCUT2D eigenvalue weighted by Crippen LogP contribution is -2.38. The summed E-state index contributed by atoms with van der Waals surface area (Å²) >= 11 is 0. The average molecular weight is 301 g/mol. The first kappa shape index (κ1) is 13.8. The third-order valence-electron chi connectivity index (χ3n) is 4.85. The second-order valence-corrected chi connectivity index (χ2v) is 6.14. The van der Waals surface area contributed by atoms with Crippen LogP contribution in [0, 0.1) is 18.6 Å². The molecule has 0 saturated carbocycles. The van der Waals surface area contributed by atoms with Crippen molar-refractivity contribution in [3.63, 3.8) is 0 Å². The maximum Gasteiger partial charge on any atom is 0.130 e. The minimum absolute atomic E-state index is 0.163. The number of nitrogens with zero attached hydrogens (tertiary/aromatic N) is 3. The van der Waals surface area contributed by atoms with Gasteiger partial charge < -0.3 is 0 Å². The van der Waals surface area contributed by atoms with Crippen LogP contribution in [-0.2, 0) is 13.0 Å². The second kappa shape index (κ2) is 5.09. The van der Waals surface area contributed by atoms with Crippen LogP contribution in [-0.4, -0.2) is 20.9 Å². The molecule has 1 aromatic carbocycles. The van der Waals surface area contributed by atoms with Crippen LogP contribution < -0.4 is 0 Å². The van der Waals surface area contributed by atoms with Crippen molar-refractivity contribution in [2.75, 3.05) is 0 Å². The molecule has 0 N–H and O–H groups in total. The molecule has 2 aliphatic rings. The van der Waals surface area contributed by atoms with E-state index in [1.807, 2.05) is 13.1 Å². The van der Waals surface area contributed by atoms with Gasteiger partial charge in [0.1, 0.15) is 17.5 Å². The zero-order valence-electron chi connectivity index (χ0n) is 12.4. The zero-order valence-corrected chi connectivity index (χ0v) is 12.4. The molecule has 2 atom stereocenters. The van der Waals surface area contributed by atoms with E-state index in [2.05, 4.69) is 14.9 Å². The molecule has 0 unspecified atom stereocenters. The van der Waals surface area contributed by atoms with Gasteiger partial charge in [-0.05, 0) is 31.9 Å². The van der Waals surface area contributed by atoms with E-state index >= 15 is 0 Å². The summed E-state index contributed by atoms with van der Waals surface area (Å²) < 4.78 is 27.9. The summed E-state index contributed by atoms with van der Waals surface area (Å²) in [5.74, 6) is -0.151. The third kappa shape index (κ3) is 2.11. The Hall–Kier alpha value is -1.88. The van der Waals surface area contributed by atoms with E-state index in [0.717, 1.165) is 36.3 Å². The number of aryl methyl sites for hydroxylation is 1. The Morgan fingerprint density at radius 2 is 2.00 bits per heavy atom. The predicted molar refractivity (Wildman–Crippen MR) is 78.1 cm³/mol. The molecular weight excluding hydrogens is 284 g/mol. The molecular formula is C17H17F2N3. The maximum absolute atomic E-state index is 13.9. The molecule has 2 aliphatic heterocycles. The Morgan fingerprint density at radius 1 is 1.23 bits per heavy atom. The molecule has 114 valence electrons. The minimum Gasteiger partial charge on any atom is -0.288 e. The second-order valence-electron chi connectivity index (χ2n) is 6.14. The Bertz CT molecular complexity index is 712. The van der Waals surface area contributed by atoms with Crippen molar-refractivity contribution in [3.8, 4) is 0 Å². The summed E-state index contributed by atoms with van der Waals surface area (Å²) in [6.45, 7) is 2.20. The van der Waals surface area contributed by atoms with Crippen molar-refractivity contribution in [3.05, 3.63) is 58.7 Å². The number of aromatic nitrogens is 2. The smallest absolute Gasteiger partial charge is 0.130 e. The van der Waals surface area contributed by atoms with Gasteiger partial charge in [-0.2, -0.15) is 0 Å². The summed E-state index contributed by atoms with van der Waals surface area (Å²) in [7, 11) is 0. The van der Waals surface area contributed by atoms with Crippen molar-refractivity contribution in [2.45, 2.75) is 44.8 Å². The fourth-order valence-electron chi connectivity index (χ4n) is 3.79. The minimum atomic E-state index is -0.467. The lowest BCUT2D eigenvalue weighted by atomic mass is 9.98. The predicted octanol–water partition coefficient (Wildman–Crippen LogP) is 3.33. The van der Waals surface area contributed by atoms with Crippen LogP contribution in [0.4, 0.5) is 8.78 Å². The van der Waals surface area contributed by atoms with E-state index in [9.17, 15) is 8.78 Å². The fraction of sp³-hybridized carbons (Fsp3) is 0.412. The highest BCUT2D eigenvalue weighted by atomic mass is 19.1. The average Bonchev–Trinajstić information content (AvgIpc) is 2.76. The van der Waals surface area contributed by atoms with Gasteiger partial charge in [0.05, 0.1) is 5.69 Å². The summed E-state index contributed by atoms with van der Waals surface area (Å²) in [5.41, 5.74) is 2.39. The van der Waals surface area contributed by atoms with Crippen LogP contribution in [0.1, 0.15) is 41.5 Å². The van der Waals surface area contributed by atoms with Crippen molar-refractivity contribution in [1.82, 2.24) is 14.9 Å². The van der Waals surface area contributed by atoms with E-state index in [1.165, 1.54) is 18.2 Å². The van der Waals surface area contributed by atoms with Gasteiger partial charge in [0, 0.05) is 42.4 Å². The van der Waals surface area contributed by atoms with Crippen LogP contribution in [0.5, 0.6) is 0 Å². The monoisotopic (exact) mass is 301 g/mol. The molecule has 2 aromatic rings. The molecule has 1 aromatic heterocycles. The van der Waals surface area contributed by atoms with Crippen molar-refractivity contribution < 1.29 is 8.78 Å². The van der Waals surface area contributed by atoms with Gasteiger partial charge in [-0.1, -0.05) is 6.07 Å². The SMILES string of the molecule is Cc1ncc2c(n1)C[C@@H]1CC[C@H]2N1Cc1c(F)cccc1F. The Kier molecular flexibility index (Phi) is 3.18. The van der Waals surface area contributed by atoms with Gasteiger partial charge in [-0.25, -0.2) is 18.7 Å². The number of halogens is 2. The molecule has 1 saturated heterocycles. The standard InChI is InChI=1S/C17H17F2N3/c1-10-20-8-12-16(21-10)7-11-5-6-17(12)22(11)9-13-14(18)3-2-4-15(13)19/h2-4,8,11,17H,5-7,9H2,1H3/t11-,17+/m0/s1. The van der Waals surface area contributed by atoms with Crippen molar-refractivity contribution >= 4 is 0 Å². The number of hydrogen-bond acceptors (Lipinski definition) is 3. The largest absolute Gasteiger partial charge is 0.288 e. The highest BCUT2D eigenvalue weighted by Crippen LogP contribution is 2.43. The molecule has 2 bridgehead atoms. The molecule has 5 heteroatoms. The van der Waals surface area contributed by atoms with Crippen molar-refractivity contribution in [1.29, 1.82) is 0 Å². The van der Waals surface area contributed by atoms with Gasteiger partial charge in [0.25, 0.3) is 0 Å². The van der Waals surface area contributed by atoms with E-state index in [1.54, 1.807) is 0 Å². The molecule has 0 aliphatic carbocycles. The number of hydrogen-bond donors (Lipinski definition) is 0. The van der Waals surface area contributed by atoms with Gasteiger partial charge in [-0.3, -0.25) is 4.90 Å². The molecule has 1 fully saturated rings. The van der Waals surface area contributed by atoms with Crippen LogP contribution in [0.15, 0.2) is 24.4 Å².